The number of fused-ring (bicyclic) bond motifs is 2. The van der Waals surface area contributed by atoms with Gasteiger partial charge in [0.1, 0.15) is 5.75 Å². The number of carbonyl (C=O) groups excluding carboxylic acids is 1. The van der Waals surface area contributed by atoms with Gasteiger partial charge in [0.2, 0.25) is 0 Å². The first-order chi connectivity index (χ1) is 15.2. The summed E-state index contributed by atoms with van der Waals surface area (Å²) in [7, 11) is 3.07. The zero-order valence-electron chi connectivity index (χ0n) is 18.8. The van der Waals surface area contributed by atoms with Crippen molar-refractivity contribution < 1.29 is 14.3 Å². The van der Waals surface area contributed by atoms with E-state index in [1.54, 1.807) is 13.2 Å². The second kappa shape index (κ2) is 10.8. The van der Waals surface area contributed by atoms with Gasteiger partial charge in [-0.05, 0) is 66.3 Å². The number of H-pyrrole nitrogens is 1. The largest absolute Gasteiger partial charge is 0.497 e. The van der Waals surface area contributed by atoms with Crippen molar-refractivity contribution in [2.45, 2.75) is 39.2 Å². The number of methoxy groups -OCH3 is 2. The molecule has 3 aromatic rings. The monoisotopic (exact) mass is 420 g/mol. The Hall–Kier alpha value is -3.05. The first kappa shape index (κ1) is 22.6. The summed E-state index contributed by atoms with van der Waals surface area (Å²) in [4.78, 5) is 14.6. The van der Waals surface area contributed by atoms with Crippen LogP contribution in [0.5, 0.6) is 5.75 Å². The van der Waals surface area contributed by atoms with E-state index < -0.39 is 0 Å². The van der Waals surface area contributed by atoms with Crippen LogP contribution < -0.4 is 10.1 Å². The third-order valence-electron chi connectivity index (χ3n) is 5.62. The zero-order valence-corrected chi connectivity index (χ0v) is 18.8. The molecule has 0 bridgehead atoms. The minimum absolute atomic E-state index is 0.333. The number of benzene rings is 2. The number of esters is 1. The van der Waals surface area contributed by atoms with E-state index >= 15 is 0 Å². The standard InChI is InChI=1S/C24H26N2O3.C2H6/c1-28-19-6-8-21-18(15-26-23(21)14-19)11-12-25-22-9-5-17-13-16(3-7-20(17)22)4-10-24(27)29-2;1-2/h3-4,6-8,10,13-15,22,25-26H,5,9,11-12H2,1-2H3;1-2H3/b10-4+;. The molecule has 1 aliphatic rings. The highest BCUT2D eigenvalue weighted by Crippen LogP contribution is 2.32. The number of nitrogens with one attached hydrogen (secondary N) is 2. The maximum atomic E-state index is 11.3. The van der Waals surface area contributed by atoms with Crippen LogP contribution in [0, 0.1) is 0 Å². The topological polar surface area (TPSA) is 63.3 Å². The molecule has 0 spiro atoms. The number of ether oxygens (including phenoxy) is 2. The smallest absolute Gasteiger partial charge is 0.330 e. The maximum Gasteiger partial charge on any atom is 0.330 e. The number of aromatic nitrogens is 1. The first-order valence-corrected chi connectivity index (χ1v) is 10.9. The molecule has 0 aliphatic heterocycles. The molecule has 1 aliphatic carbocycles. The van der Waals surface area contributed by atoms with Crippen LogP contribution in [0.2, 0.25) is 0 Å². The van der Waals surface area contributed by atoms with Gasteiger partial charge in [-0.15, -0.1) is 0 Å². The SMILES string of the molecule is CC.COC(=O)/C=C/c1ccc2c(c1)CCC2NCCc1c[nH]c2cc(OC)ccc12. The summed E-state index contributed by atoms with van der Waals surface area (Å²) in [6, 6.07) is 12.9. The molecule has 0 saturated heterocycles. The van der Waals surface area contributed by atoms with E-state index in [1.807, 2.05) is 26.0 Å². The lowest BCUT2D eigenvalue weighted by atomic mass is 10.0. The summed E-state index contributed by atoms with van der Waals surface area (Å²) in [5.74, 6) is 0.535. The number of rotatable bonds is 7. The number of carbonyl (C=O) groups is 1. The van der Waals surface area contributed by atoms with Crippen molar-refractivity contribution in [2.75, 3.05) is 20.8 Å². The highest BCUT2D eigenvalue weighted by atomic mass is 16.5. The van der Waals surface area contributed by atoms with Crippen molar-refractivity contribution in [3.8, 4) is 5.75 Å². The van der Waals surface area contributed by atoms with E-state index in [2.05, 4.69) is 45.5 Å². The Balaban J connectivity index is 0.00000132. The van der Waals surface area contributed by atoms with E-state index in [1.165, 1.54) is 35.3 Å². The molecule has 0 fully saturated rings. The van der Waals surface area contributed by atoms with Crippen molar-refractivity contribution in [3.63, 3.8) is 0 Å². The molecule has 164 valence electrons. The van der Waals surface area contributed by atoms with Gasteiger partial charge in [-0.3, -0.25) is 0 Å². The first-order valence-electron chi connectivity index (χ1n) is 10.9. The maximum absolute atomic E-state index is 11.3. The molecule has 4 rings (SSSR count). The van der Waals surface area contributed by atoms with E-state index in [0.29, 0.717) is 6.04 Å². The lowest BCUT2D eigenvalue weighted by molar-refractivity contribution is -0.134. The van der Waals surface area contributed by atoms with Crippen molar-refractivity contribution in [1.29, 1.82) is 0 Å². The number of aromatic amines is 1. The summed E-state index contributed by atoms with van der Waals surface area (Å²) in [6.45, 7) is 4.92. The molecule has 1 heterocycles. The molecule has 31 heavy (non-hydrogen) atoms. The van der Waals surface area contributed by atoms with Gasteiger partial charge in [-0.25, -0.2) is 4.79 Å². The molecular weight excluding hydrogens is 388 g/mol. The highest BCUT2D eigenvalue weighted by molar-refractivity contribution is 5.87. The van der Waals surface area contributed by atoms with Gasteiger partial charge < -0.3 is 19.8 Å². The fraction of sp³-hybridized carbons (Fsp3) is 0.346. The van der Waals surface area contributed by atoms with Crippen LogP contribution in [0.1, 0.15) is 48.6 Å². The van der Waals surface area contributed by atoms with Gasteiger partial charge in [0, 0.05) is 35.3 Å². The second-order valence-electron chi connectivity index (χ2n) is 7.34. The molecule has 2 aromatic carbocycles. The van der Waals surface area contributed by atoms with Crippen LogP contribution in [-0.2, 0) is 22.4 Å². The summed E-state index contributed by atoms with van der Waals surface area (Å²) in [5, 5.41) is 4.96. The van der Waals surface area contributed by atoms with E-state index in [-0.39, 0.29) is 5.97 Å². The normalized spacial score (nSPS) is 14.9. The van der Waals surface area contributed by atoms with Gasteiger partial charge in [0.25, 0.3) is 0 Å². The minimum Gasteiger partial charge on any atom is -0.497 e. The quantitative estimate of drug-likeness (QED) is 0.407. The third-order valence-corrected chi connectivity index (χ3v) is 5.62. The fourth-order valence-electron chi connectivity index (χ4n) is 4.07. The van der Waals surface area contributed by atoms with Crippen molar-refractivity contribution in [2.24, 2.45) is 0 Å². The highest BCUT2D eigenvalue weighted by Gasteiger charge is 2.21. The summed E-state index contributed by atoms with van der Waals surface area (Å²) in [6.07, 6.45) is 8.48. The molecule has 5 heteroatoms. The molecule has 2 N–H and O–H groups in total. The molecule has 5 nitrogen and oxygen atoms in total. The predicted octanol–water partition coefficient (Wildman–Crippen LogP) is 5.21. The van der Waals surface area contributed by atoms with Gasteiger partial charge >= 0.3 is 5.97 Å². The van der Waals surface area contributed by atoms with Gasteiger partial charge in [0.05, 0.1) is 14.2 Å². The van der Waals surface area contributed by atoms with E-state index in [9.17, 15) is 4.79 Å². The van der Waals surface area contributed by atoms with Crippen molar-refractivity contribution >= 4 is 22.9 Å². The predicted molar refractivity (Wildman–Crippen MR) is 126 cm³/mol. The van der Waals surface area contributed by atoms with Crippen LogP contribution in [0.3, 0.4) is 0 Å². The molecule has 1 unspecified atom stereocenters. The number of hydrogen-bond donors (Lipinski definition) is 2. The van der Waals surface area contributed by atoms with E-state index in [4.69, 9.17) is 4.74 Å². The van der Waals surface area contributed by atoms with Crippen LogP contribution >= 0.6 is 0 Å². The van der Waals surface area contributed by atoms with Gasteiger partial charge in [-0.2, -0.15) is 0 Å². The Kier molecular flexibility index (Phi) is 7.90. The zero-order chi connectivity index (χ0) is 22.2. The number of hydrogen-bond acceptors (Lipinski definition) is 4. The van der Waals surface area contributed by atoms with Crippen molar-refractivity contribution in [1.82, 2.24) is 10.3 Å². The molecular formula is C26H32N2O3. The Morgan fingerprint density at radius 2 is 2.03 bits per heavy atom. The Morgan fingerprint density at radius 3 is 2.81 bits per heavy atom. The summed E-state index contributed by atoms with van der Waals surface area (Å²) < 4.78 is 9.95. The van der Waals surface area contributed by atoms with Crippen molar-refractivity contribution in [3.05, 3.63) is 70.9 Å². The Labute approximate surface area is 184 Å². The van der Waals surface area contributed by atoms with Gasteiger partial charge in [0.15, 0.2) is 0 Å². The molecule has 0 amide bonds. The lowest BCUT2D eigenvalue weighted by Crippen LogP contribution is -2.21. The Bertz CT molecular complexity index is 1050. The lowest BCUT2D eigenvalue weighted by Gasteiger charge is -2.14. The Morgan fingerprint density at radius 1 is 1.19 bits per heavy atom. The third kappa shape index (κ3) is 5.36. The molecule has 0 saturated carbocycles. The fourth-order valence-corrected chi connectivity index (χ4v) is 4.07. The minimum atomic E-state index is -0.333. The summed E-state index contributed by atoms with van der Waals surface area (Å²) in [5.41, 5.74) is 6.18. The average Bonchev–Trinajstić information content (AvgIpc) is 3.42. The second-order valence-corrected chi connectivity index (χ2v) is 7.34. The van der Waals surface area contributed by atoms with Gasteiger partial charge in [-0.1, -0.05) is 32.0 Å². The number of aryl methyl sites for hydroxylation is 1. The summed E-state index contributed by atoms with van der Waals surface area (Å²) >= 11 is 0. The molecule has 0 radical (unpaired) electrons. The van der Waals surface area contributed by atoms with E-state index in [0.717, 1.165) is 42.6 Å². The molecule has 1 aromatic heterocycles. The van der Waals surface area contributed by atoms with Crippen LogP contribution in [0.4, 0.5) is 0 Å². The molecule has 1 atom stereocenters. The van der Waals surface area contributed by atoms with Crippen LogP contribution in [0.25, 0.3) is 17.0 Å². The van der Waals surface area contributed by atoms with Crippen LogP contribution in [-0.4, -0.2) is 31.7 Å². The van der Waals surface area contributed by atoms with Crippen LogP contribution in [0.15, 0.2) is 48.7 Å². The average molecular weight is 421 g/mol.